The summed E-state index contributed by atoms with van der Waals surface area (Å²) >= 11 is 42.2. The first-order valence-electron chi connectivity index (χ1n) is 38.9. The van der Waals surface area contributed by atoms with E-state index in [0.717, 1.165) is 32.8 Å². The molecule has 0 aromatic carbocycles. The number of pyridine rings is 3. The minimum Gasteiger partial charge on any atom is -0.398 e. The summed E-state index contributed by atoms with van der Waals surface area (Å²) in [5.74, 6) is -4.67. The van der Waals surface area contributed by atoms with Crippen molar-refractivity contribution in [3.63, 3.8) is 0 Å². The zero-order valence-corrected chi connectivity index (χ0v) is 80.9. The number of aromatic amines is 3. The van der Waals surface area contributed by atoms with E-state index >= 15 is 30.7 Å². The number of hydrogen-bond donors (Lipinski definition) is 15. The van der Waals surface area contributed by atoms with Crippen molar-refractivity contribution in [1.29, 1.82) is 0 Å². The number of alkyl halides is 7. The maximum absolute atomic E-state index is 16.1. The van der Waals surface area contributed by atoms with E-state index in [2.05, 4.69) is 110 Å². The van der Waals surface area contributed by atoms with Gasteiger partial charge in [0.15, 0.2) is 88.1 Å². The summed E-state index contributed by atoms with van der Waals surface area (Å²) in [6.45, 7) is -21.1. The lowest BCUT2D eigenvalue weighted by Gasteiger charge is -2.28. The molecular weight excluding hydrogens is 2150 g/mol. The third-order valence-electron chi connectivity index (χ3n) is 21.8. The summed E-state index contributed by atoms with van der Waals surface area (Å²) in [4.78, 5) is 121. The van der Waals surface area contributed by atoms with E-state index in [1.165, 1.54) is 68.1 Å². The molecule has 0 amide bonds. The van der Waals surface area contributed by atoms with Crippen molar-refractivity contribution in [3.05, 3.63) is 92.8 Å². The van der Waals surface area contributed by atoms with Crippen LogP contribution in [0, 0.1) is 0 Å². The third-order valence-corrected chi connectivity index (χ3v) is 35.4. The van der Waals surface area contributed by atoms with E-state index in [1.54, 1.807) is 12.1 Å². The van der Waals surface area contributed by atoms with Gasteiger partial charge in [-0.15, -0.1) is 38.8 Å². The number of thiol groups is 2. The number of ether oxygens (including phenoxy) is 4. The predicted molar refractivity (Wildman–Crippen MR) is 493 cm³/mol. The third kappa shape index (κ3) is 19.0. The van der Waals surface area contributed by atoms with Gasteiger partial charge in [0.1, 0.15) is 94.7 Å². The van der Waals surface area contributed by atoms with Gasteiger partial charge < -0.3 is 114 Å². The molecule has 21 rings (SSSR count). The number of nitrogens with zero attached hydrogens (tertiary/aromatic N) is 20. The molecule has 9 aliphatic heterocycles. The van der Waals surface area contributed by atoms with Crippen LogP contribution in [0.2, 0.25) is 0 Å². The first-order valence-corrected chi connectivity index (χ1v) is 58.7. The smallest absolute Gasteiger partial charge is 0.325 e. The minimum absolute atomic E-state index is 0.0354. The maximum Gasteiger partial charge on any atom is 0.325 e. The molecule has 52 nitrogen and oxygen atoms in total. The van der Waals surface area contributed by atoms with E-state index in [9.17, 15) is 34.0 Å². The number of hydrogen-bond acceptors (Lipinski definition) is 47. The van der Waals surface area contributed by atoms with Gasteiger partial charge in [0.05, 0.1) is 74.2 Å². The molecule has 21 heterocycles. The van der Waals surface area contributed by atoms with Crippen molar-refractivity contribution in [2.75, 3.05) is 74.0 Å². The van der Waals surface area contributed by atoms with Crippen molar-refractivity contribution >= 4 is 259 Å². The number of halogens is 7. The Morgan fingerprint density at radius 1 is 0.419 bits per heavy atom. The fourth-order valence-corrected chi connectivity index (χ4v) is 28.6. The molecule has 6 unspecified atom stereocenters. The topological polar surface area (TPSA) is 693 Å². The number of imidazole rings is 2. The van der Waals surface area contributed by atoms with Crippen molar-refractivity contribution in [1.82, 2.24) is 114 Å². The summed E-state index contributed by atoms with van der Waals surface area (Å²) in [6.07, 6.45) is -23.7. The first-order chi connectivity index (χ1) is 64.3. The van der Waals surface area contributed by atoms with E-state index < -0.39 is 239 Å². The highest BCUT2D eigenvalue weighted by Gasteiger charge is 2.64. The molecule has 0 spiro atoms. The number of fused-ring (bicyclic) bond motifs is 15. The summed E-state index contributed by atoms with van der Waals surface area (Å²) in [5.41, 5.74) is 26.9. The van der Waals surface area contributed by atoms with Crippen LogP contribution in [-0.4, -0.2) is 281 Å². The minimum atomic E-state index is -4.59. The van der Waals surface area contributed by atoms with Gasteiger partial charge in [-0.05, 0) is 95.1 Å². The molecule has 0 radical (unpaired) electrons. The monoisotopic (exact) mass is 2210 g/mol. The first kappa shape index (κ1) is 98.4. The molecule has 6 bridgehead atoms. The number of nitrogens with one attached hydrogen (secondary N) is 3. The lowest BCUT2D eigenvalue weighted by molar-refractivity contribution is -0.135. The van der Waals surface area contributed by atoms with Crippen molar-refractivity contribution in [3.8, 4) is 0 Å². The Labute approximate surface area is 801 Å². The molecule has 0 saturated carbocycles. The Morgan fingerprint density at radius 3 is 1.27 bits per heavy atom. The molecular formula is C61H66F7N29O23P6S10. The van der Waals surface area contributed by atoms with Crippen LogP contribution in [0.1, 0.15) is 35.7 Å². The second kappa shape index (κ2) is 37.4. The highest BCUT2D eigenvalue weighted by molar-refractivity contribution is 8.60. The highest BCUT2D eigenvalue weighted by atomic mass is 32.9. The second-order valence-corrected chi connectivity index (χ2v) is 54.9. The Hall–Kier alpha value is -6.42. The van der Waals surface area contributed by atoms with E-state index in [-0.39, 0.29) is 74.0 Å². The Bertz CT molecular complexity index is 6950. The van der Waals surface area contributed by atoms with Gasteiger partial charge >= 0.3 is 32.8 Å². The maximum atomic E-state index is 16.1. The normalized spacial score (nSPS) is 37.3. The average molecular weight is 2210 g/mol. The van der Waals surface area contributed by atoms with Gasteiger partial charge in [0.2, 0.25) is 35.5 Å². The zero-order chi connectivity index (χ0) is 96.4. The number of aromatic nitrogens is 23. The zero-order valence-electron chi connectivity index (χ0n) is 67.2. The Balaban J connectivity index is 0.000000131. The number of thioether (sulfide) groups is 2. The van der Waals surface area contributed by atoms with Gasteiger partial charge in [-0.3, -0.25) is 56.6 Å². The molecule has 19 N–H and O–H groups in total. The SMILES string of the molecule is Nc1nc2c(nnn2[C@@H]2O[C@@H]3COP(O)(=S)O[C@@H]4[C@@H](COP(O)(=S)O[C@@H]2[C@H]3F)O[C@@H](n2ccc3c(N)ccnc32)C4(F)F)c(=O)[nH]1.Nc1nc2c(nnn2[C@@H]2S[C@@H]3COP(O)(=S)O[C@H]4[C@H](F)[C@H](n5cnc6c(N)ccnc65)O[C@@H]4COP(=S)(S)O[C@@H]2[C@@H]3F)c(=O)[nH]1.Nc1nc2c(nnn2[C@@H]2S[C@@H]3COP(O)(=S)O[C@H]4[C@H](F)[C@H](n5cnc6c(N)ccnc65)O[C@@H]4COP(=S)(S)O[C@@H]2[C@@H]3F)c(=O)[nH]1. The van der Waals surface area contributed by atoms with E-state index in [4.69, 9.17) is 178 Å². The van der Waals surface area contributed by atoms with Gasteiger partial charge in [-0.1, -0.05) is 40.1 Å². The fraction of sp³-hybridized carbons (Fsp3) is 0.492. The second-order valence-electron chi connectivity index (χ2n) is 30.5. The lowest BCUT2D eigenvalue weighted by atomic mass is 10.1. The Kier molecular flexibility index (Phi) is 27.0. The molecule has 9 saturated heterocycles. The number of anilines is 6. The summed E-state index contributed by atoms with van der Waals surface area (Å²) in [7, 11) is 0. The molecule has 9 aliphatic rings. The molecule has 12 aromatic rings. The quantitative estimate of drug-likeness (QED) is 0.0640. The largest absolute Gasteiger partial charge is 0.398 e. The van der Waals surface area contributed by atoms with Crippen LogP contribution >= 0.6 is 86.3 Å². The Morgan fingerprint density at radius 2 is 0.809 bits per heavy atom. The molecule has 0 aliphatic carbocycles. The molecule has 136 heavy (non-hydrogen) atoms. The van der Waals surface area contributed by atoms with E-state index in [0.29, 0.717) is 27.8 Å². The standard InChI is InChI=1S/C21H22F3N9O9P2S2.2C20H22F2N10O7P2S4/c22-11-9-5-37-44(36,46)42-14-10(40-19(21(14,23)24)32-4-2-7-8(25)1-3-27-15(7)32)6-38-43(35,45)41-13(11)18(39-9)33-16-12(30-31-33)17(34)29-20(26)28-16;2*21-9-8-4-35-40(34,42)38-13-7(37-18(10(13)22)31-5-26-11-6(23)1-2-25-15(11)31)3-36-41(43,44)39-14(9)19(45-8)32-16-12(29-30-32)17(33)28-20(24)27-16/h1-4,9-11,13-14,18-19H,5-6H2,(H2,25,27)(H,35,45)(H,36,46)(H3,26,28,29,34);2*1-2,5,7-10,13-14,18-19H,3-4H2,(H2,23,25)(H,34,42)(H,43,44)(H3,24,27,28,33)/t9-,10-,11+,13-,14-,18-,19-,43?,44?;2*7-,8-,9-,10+,13-,14-,18-,19-,40?/m111/s1. The van der Waals surface area contributed by atoms with E-state index in [1.807, 2.05) is 0 Å². The van der Waals surface area contributed by atoms with Crippen LogP contribution in [0.5, 0.6) is 0 Å². The number of nitrogens with two attached hydrogens (primary N) is 6. The van der Waals surface area contributed by atoms with Crippen molar-refractivity contribution in [2.45, 2.75) is 144 Å². The lowest BCUT2D eigenvalue weighted by Crippen LogP contribution is -2.41. The van der Waals surface area contributed by atoms with Crippen LogP contribution in [0.4, 0.5) is 65.6 Å². The van der Waals surface area contributed by atoms with Crippen molar-refractivity contribution in [2.24, 2.45) is 0 Å². The number of H-pyrrole nitrogens is 3. The van der Waals surface area contributed by atoms with Crippen LogP contribution in [-0.2, 0) is 144 Å². The molecule has 75 heteroatoms. The predicted octanol–water partition coefficient (Wildman–Crippen LogP) is 3.75. The van der Waals surface area contributed by atoms with Crippen LogP contribution < -0.4 is 51.1 Å². The summed E-state index contributed by atoms with van der Waals surface area (Å²) < 4.78 is 210. The van der Waals surface area contributed by atoms with Gasteiger partial charge in [0.25, 0.3) is 16.7 Å². The number of nitrogen functional groups attached to an aromatic ring is 6. The summed E-state index contributed by atoms with van der Waals surface area (Å²) in [6, 6.07) is 6.03. The average Bonchev–Trinajstić information content (AvgIpc) is 1.70. The van der Waals surface area contributed by atoms with Gasteiger partial charge in [-0.25, -0.2) is 56.2 Å². The van der Waals surface area contributed by atoms with Crippen LogP contribution in [0.25, 0.3) is 66.9 Å². The molecule has 12 aromatic heterocycles. The highest BCUT2D eigenvalue weighted by Crippen LogP contribution is 2.65. The van der Waals surface area contributed by atoms with Crippen LogP contribution in [0.15, 0.2) is 76.1 Å². The number of rotatable bonds is 6. The molecule has 9 fully saturated rings. The van der Waals surface area contributed by atoms with Gasteiger partial charge in [-0.2, -0.15) is 28.4 Å². The fourth-order valence-electron chi connectivity index (χ4n) is 15.7. The summed E-state index contributed by atoms with van der Waals surface area (Å²) in [5, 5.41) is 19.4. The molecule has 29 atom stereocenters. The van der Waals surface area contributed by atoms with Crippen molar-refractivity contribution < 1.29 is 124 Å². The van der Waals surface area contributed by atoms with Gasteiger partial charge in [0, 0.05) is 35.9 Å². The molecule has 732 valence electrons. The van der Waals surface area contributed by atoms with Crippen LogP contribution in [0.3, 0.4) is 0 Å².